The SMILES string of the molecule is C[C@H](O)CNC(=O)C1CC(c2c(-c3ccc(F)cc3)[nH]c3c(F)cc(F)cc23)C1. The number of fused-ring (bicyclic) bond motifs is 1. The summed E-state index contributed by atoms with van der Waals surface area (Å²) in [4.78, 5) is 15.2. The molecule has 1 heterocycles. The summed E-state index contributed by atoms with van der Waals surface area (Å²) in [6.07, 6.45) is 0.440. The van der Waals surface area contributed by atoms with Gasteiger partial charge >= 0.3 is 0 Å². The van der Waals surface area contributed by atoms with Crippen LogP contribution in [0.2, 0.25) is 0 Å². The van der Waals surface area contributed by atoms with E-state index in [1.54, 1.807) is 19.1 Å². The van der Waals surface area contributed by atoms with Gasteiger partial charge in [-0.15, -0.1) is 0 Å². The zero-order valence-electron chi connectivity index (χ0n) is 15.8. The normalized spacial score (nSPS) is 19.8. The van der Waals surface area contributed by atoms with Gasteiger partial charge in [0.05, 0.1) is 17.3 Å². The predicted octanol–water partition coefficient (Wildman–Crippen LogP) is 4.24. The number of aromatic nitrogens is 1. The summed E-state index contributed by atoms with van der Waals surface area (Å²) in [5.41, 5.74) is 2.21. The van der Waals surface area contributed by atoms with Crippen molar-refractivity contribution in [2.75, 3.05) is 6.54 Å². The molecule has 1 fully saturated rings. The Morgan fingerprint density at radius 3 is 2.52 bits per heavy atom. The maximum absolute atomic E-state index is 14.4. The number of rotatable bonds is 5. The first kappa shape index (κ1) is 19.5. The first-order chi connectivity index (χ1) is 13.8. The van der Waals surface area contributed by atoms with Crippen LogP contribution < -0.4 is 5.32 Å². The second-order valence-corrected chi connectivity index (χ2v) is 7.69. The van der Waals surface area contributed by atoms with Crippen molar-refractivity contribution in [3.05, 3.63) is 59.4 Å². The lowest BCUT2D eigenvalue weighted by Gasteiger charge is -2.35. The molecule has 1 aliphatic carbocycles. The number of benzene rings is 2. The van der Waals surface area contributed by atoms with Crippen molar-refractivity contribution < 1.29 is 23.1 Å². The minimum Gasteiger partial charge on any atom is -0.392 e. The summed E-state index contributed by atoms with van der Waals surface area (Å²) in [6, 6.07) is 7.91. The third-order valence-corrected chi connectivity index (χ3v) is 5.49. The number of aromatic amines is 1. The van der Waals surface area contributed by atoms with Crippen LogP contribution in [0.25, 0.3) is 22.2 Å². The van der Waals surface area contributed by atoms with Crippen LogP contribution in [-0.2, 0) is 4.79 Å². The molecule has 7 heteroatoms. The number of aliphatic hydroxyl groups excluding tert-OH is 1. The minimum absolute atomic E-state index is 0.0627. The van der Waals surface area contributed by atoms with Gasteiger partial charge in [0, 0.05) is 23.9 Å². The van der Waals surface area contributed by atoms with Crippen LogP contribution in [-0.4, -0.2) is 28.6 Å². The van der Waals surface area contributed by atoms with Crippen molar-refractivity contribution in [2.45, 2.75) is 31.8 Å². The van der Waals surface area contributed by atoms with Crippen molar-refractivity contribution in [3.8, 4) is 11.3 Å². The van der Waals surface area contributed by atoms with Crippen molar-refractivity contribution in [2.24, 2.45) is 5.92 Å². The van der Waals surface area contributed by atoms with Gasteiger partial charge in [0.25, 0.3) is 0 Å². The number of hydrogen-bond acceptors (Lipinski definition) is 2. The molecular weight excluding hydrogens is 381 g/mol. The van der Waals surface area contributed by atoms with Crippen LogP contribution in [0, 0.1) is 23.4 Å². The number of nitrogens with one attached hydrogen (secondary N) is 2. The lowest BCUT2D eigenvalue weighted by Crippen LogP contribution is -2.40. The van der Waals surface area contributed by atoms with E-state index in [0.29, 0.717) is 29.5 Å². The quantitative estimate of drug-likeness (QED) is 0.598. The van der Waals surface area contributed by atoms with Crippen LogP contribution in [0.1, 0.15) is 31.2 Å². The van der Waals surface area contributed by atoms with Gasteiger partial charge in [-0.2, -0.15) is 0 Å². The molecule has 1 aliphatic rings. The van der Waals surface area contributed by atoms with Crippen molar-refractivity contribution in [1.29, 1.82) is 0 Å². The molecule has 1 saturated carbocycles. The van der Waals surface area contributed by atoms with E-state index in [1.807, 2.05) is 0 Å². The maximum atomic E-state index is 14.4. The highest BCUT2D eigenvalue weighted by atomic mass is 19.1. The second kappa shape index (κ2) is 7.55. The Morgan fingerprint density at radius 1 is 1.17 bits per heavy atom. The van der Waals surface area contributed by atoms with E-state index in [9.17, 15) is 23.1 Å². The first-order valence-corrected chi connectivity index (χ1v) is 9.55. The summed E-state index contributed by atoms with van der Waals surface area (Å²) in [7, 11) is 0. The van der Waals surface area contributed by atoms with E-state index < -0.39 is 17.7 Å². The third-order valence-electron chi connectivity index (χ3n) is 5.49. The number of hydrogen-bond donors (Lipinski definition) is 3. The van der Waals surface area contributed by atoms with Gasteiger partial charge in [-0.1, -0.05) is 0 Å². The lowest BCUT2D eigenvalue weighted by molar-refractivity contribution is -0.128. The Morgan fingerprint density at radius 2 is 1.86 bits per heavy atom. The van der Waals surface area contributed by atoms with Gasteiger partial charge in [0.1, 0.15) is 17.5 Å². The molecule has 0 spiro atoms. The van der Waals surface area contributed by atoms with E-state index in [2.05, 4.69) is 10.3 Å². The molecule has 4 nitrogen and oxygen atoms in total. The van der Waals surface area contributed by atoms with Crippen LogP contribution in [0.5, 0.6) is 0 Å². The smallest absolute Gasteiger partial charge is 0.223 e. The highest BCUT2D eigenvalue weighted by molar-refractivity contribution is 5.92. The fourth-order valence-corrected chi connectivity index (χ4v) is 3.97. The molecule has 1 atom stereocenters. The van der Waals surface area contributed by atoms with Crippen LogP contribution >= 0.6 is 0 Å². The van der Waals surface area contributed by atoms with Crippen molar-refractivity contribution in [3.63, 3.8) is 0 Å². The molecule has 29 heavy (non-hydrogen) atoms. The number of halogens is 3. The fraction of sp³-hybridized carbons (Fsp3) is 0.318. The van der Waals surface area contributed by atoms with E-state index in [0.717, 1.165) is 11.6 Å². The van der Waals surface area contributed by atoms with E-state index in [-0.39, 0.29) is 35.6 Å². The minimum atomic E-state index is -0.694. The number of aliphatic hydroxyl groups is 1. The summed E-state index contributed by atoms with van der Waals surface area (Å²) >= 11 is 0. The molecule has 0 aliphatic heterocycles. The number of carbonyl (C=O) groups excluding carboxylic acids is 1. The number of H-pyrrole nitrogens is 1. The van der Waals surface area contributed by atoms with Crippen LogP contribution in [0.4, 0.5) is 13.2 Å². The topological polar surface area (TPSA) is 65.1 Å². The zero-order chi connectivity index (χ0) is 20.7. The average Bonchev–Trinajstić information content (AvgIpc) is 2.99. The van der Waals surface area contributed by atoms with Crippen LogP contribution in [0.3, 0.4) is 0 Å². The molecule has 3 aromatic rings. The van der Waals surface area contributed by atoms with E-state index in [4.69, 9.17) is 0 Å². The van der Waals surface area contributed by atoms with Gasteiger partial charge in [0.15, 0.2) is 0 Å². The largest absolute Gasteiger partial charge is 0.392 e. The Kier molecular flexibility index (Phi) is 5.08. The molecule has 0 unspecified atom stereocenters. The van der Waals surface area contributed by atoms with Gasteiger partial charge in [-0.05, 0) is 67.1 Å². The van der Waals surface area contributed by atoms with E-state index in [1.165, 1.54) is 18.2 Å². The summed E-state index contributed by atoms with van der Waals surface area (Å²) in [6.45, 7) is 1.78. The molecule has 152 valence electrons. The Balaban J connectivity index is 1.69. The first-order valence-electron chi connectivity index (χ1n) is 9.55. The van der Waals surface area contributed by atoms with Crippen molar-refractivity contribution in [1.82, 2.24) is 10.3 Å². The molecule has 0 bridgehead atoms. The second-order valence-electron chi connectivity index (χ2n) is 7.69. The standard InChI is InChI=1S/C22H21F3N2O2/c1-11(28)10-26-22(29)14-6-13(7-14)19-17-8-16(24)9-18(25)21(17)27-20(19)12-2-4-15(23)5-3-12/h2-5,8-9,11,13-14,27-28H,6-7,10H2,1H3,(H,26,29)/t11-,13?,14?/m0/s1. The molecule has 3 N–H and O–H groups in total. The molecule has 1 amide bonds. The van der Waals surface area contributed by atoms with Gasteiger partial charge < -0.3 is 15.4 Å². The molecule has 1 aromatic heterocycles. The lowest BCUT2D eigenvalue weighted by atomic mass is 9.70. The van der Waals surface area contributed by atoms with Crippen LogP contribution in [0.15, 0.2) is 36.4 Å². The molecule has 2 aromatic carbocycles. The Labute approximate surface area is 165 Å². The summed E-state index contributed by atoms with van der Waals surface area (Å²) < 4.78 is 41.6. The average molecular weight is 402 g/mol. The Hall–Kier alpha value is -2.80. The third kappa shape index (κ3) is 3.74. The maximum Gasteiger partial charge on any atom is 0.223 e. The zero-order valence-corrected chi connectivity index (χ0v) is 15.8. The summed E-state index contributed by atoms with van der Waals surface area (Å²) in [5, 5.41) is 12.5. The molecular formula is C22H21F3N2O2. The van der Waals surface area contributed by atoms with Crippen molar-refractivity contribution >= 4 is 16.8 Å². The summed E-state index contributed by atoms with van der Waals surface area (Å²) in [5.74, 6) is -2.17. The molecule has 0 radical (unpaired) electrons. The monoisotopic (exact) mass is 402 g/mol. The van der Waals surface area contributed by atoms with Gasteiger partial charge in [0.2, 0.25) is 5.91 Å². The Bertz CT molecular complexity index is 1050. The highest BCUT2D eigenvalue weighted by Gasteiger charge is 2.38. The highest BCUT2D eigenvalue weighted by Crippen LogP contribution is 2.48. The predicted molar refractivity (Wildman–Crippen MR) is 104 cm³/mol. The van der Waals surface area contributed by atoms with Gasteiger partial charge in [-0.3, -0.25) is 4.79 Å². The molecule has 0 saturated heterocycles. The number of amides is 1. The van der Waals surface area contributed by atoms with Gasteiger partial charge in [-0.25, -0.2) is 13.2 Å². The fourth-order valence-electron chi connectivity index (χ4n) is 3.97. The number of carbonyl (C=O) groups is 1. The van der Waals surface area contributed by atoms with E-state index >= 15 is 0 Å². The molecule has 4 rings (SSSR count).